The lowest BCUT2D eigenvalue weighted by Gasteiger charge is -2.28. The number of nitrogens with two attached hydrogens (primary N) is 1. The number of carbonyl (C=O) groups is 1. The Morgan fingerprint density at radius 1 is 0.972 bits per heavy atom. The van der Waals surface area contributed by atoms with Crippen LogP contribution in [0.15, 0.2) is 73.2 Å². The summed E-state index contributed by atoms with van der Waals surface area (Å²) in [6, 6.07) is 21.0. The molecule has 1 fully saturated rings. The second-order valence-corrected chi connectivity index (χ2v) is 9.50. The molecule has 0 spiro atoms. The number of hydrogen-bond acceptors (Lipinski definition) is 5. The van der Waals surface area contributed by atoms with Gasteiger partial charge in [-0.15, -0.1) is 0 Å². The van der Waals surface area contributed by atoms with E-state index in [2.05, 4.69) is 68.5 Å². The fourth-order valence-electron chi connectivity index (χ4n) is 5.48. The molecule has 0 aliphatic heterocycles. The van der Waals surface area contributed by atoms with E-state index in [1.54, 1.807) is 7.05 Å². The summed E-state index contributed by atoms with van der Waals surface area (Å²) in [7, 11) is 1.71. The highest BCUT2D eigenvalue weighted by Crippen LogP contribution is 2.40. The number of benzene rings is 2. The first kappa shape index (κ1) is 22.2. The maximum Gasteiger partial charge on any atom is 0.222 e. The van der Waals surface area contributed by atoms with E-state index in [0.29, 0.717) is 5.82 Å². The van der Waals surface area contributed by atoms with Gasteiger partial charge in [0.25, 0.3) is 0 Å². The van der Waals surface area contributed by atoms with Crippen molar-refractivity contribution in [2.45, 2.75) is 31.7 Å². The Morgan fingerprint density at radius 2 is 1.75 bits per heavy atom. The van der Waals surface area contributed by atoms with Crippen molar-refractivity contribution in [3.8, 4) is 22.4 Å². The molecule has 0 radical (unpaired) electrons. The molecular formula is C29H28N6O. The molecule has 0 atom stereocenters. The number of hydrogen-bond donors (Lipinski definition) is 2. The molecule has 0 bridgehead atoms. The van der Waals surface area contributed by atoms with Crippen LogP contribution in [0.3, 0.4) is 0 Å². The molecule has 0 unspecified atom stereocenters. The van der Waals surface area contributed by atoms with Crippen LogP contribution < -0.4 is 11.1 Å². The largest absolute Gasteiger partial charge is 0.383 e. The number of nitrogens with one attached hydrogen (secondary N) is 1. The van der Waals surface area contributed by atoms with E-state index in [1.165, 1.54) is 6.33 Å². The normalized spacial score (nSPS) is 17.9. The Bertz CT molecular complexity index is 1570. The third-order valence-corrected chi connectivity index (χ3v) is 7.42. The number of pyridine rings is 1. The number of amides is 1. The van der Waals surface area contributed by atoms with Gasteiger partial charge in [-0.05, 0) is 43.4 Å². The van der Waals surface area contributed by atoms with Crippen molar-refractivity contribution in [2.24, 2.45) is 5.92 Å². The van der Waals surface area contributed by atoms with Crippen LogP contribution in [0.5, 0.6) is 0 Å². The second-order valence-electron chi connectivity index (χ2n) is 9.50. The zero-order valence-electron chi connectivity index (χ0n) is 20.2. The van der Waals surface area contributed by atoms with Crippen molar-refractivity contribution in [1.29, 1.82) is 0 Å². The Kier molecular flexibility index (Phi) is 5.60. The van der Waals surface area contributed by atoms with Crippen molar-refractivity contribution < 1.29 is 4.79 Å². The van der Waals surface area contributed by atoms with Gasteiger partial charge in [0.1, 0.15) is 17.8 Å². The molecule has 7 heteroatoms. The lowest BCUT2D eigenvalue weighted by atomic mass is 9.85. The van der Waals surface area contributed by atoms with E-state index in [0.717, 1.165) is 70.0 Å². The van der Waals surface area contributed by atoms with Crippen LogP contribution in [0.25, 0.3) is 44.3 Å². The van der Waals surface area contributed by atoms with Crippen LogP contribution in [0.2, 0.25) is 0 Å². The SMILES string of the molecule is CNC(=O)C1CCC(n2cc(-c3ccc4ccc(-c5ccccc5)nc4c3)c3c(N)ncnc32)CC1. The number of aromatic nitrogens is 4. The third kappa shape index (κ3) is 3.86. The van der Waals surface area contributed by atoms with Gasteiger partial charge in [-0.1, -0.05) is 48.5 Å². The zero-order valence-corrected chi connectivity index (χ0v) is 20.2. The maximum atomic E-state index is 12.1. The Balaban J connectivity index is 1.42. The minimum absolute atomic E-state index is 0.0811. The highest BCUT2D eigenvalue weighted by molar-refractivity contribution is 6.02. The summed E-state index contributed by atoms with van der Waals surface area (Å²) >= 11 is 0. The van der Waals surface area contributed by atoms with Crippen LogP contribution in [0.1, 0.15) is 31.7 Å². The highest BCUT2D eigenvalue weighted by Gasteiger charge is 2.28. The van der Waals surface area contributed by atoms with Gasteiger partial charge in [-0.3, -0.25) is 4.79 Å². The molecule has 180 valence electrons. The molecule has 1 saturated carbocycles. The molecule has 36 heavy (non-hydrogen) atoms. The molecule has 3 heterocycles. The molecule has 6 rings (SSSR count). The van der Waals surface area contributed by atoms with Crippen molar-refractivity contribution in [1.82, 2.24) is 24.8 Å². The summed E-state index contributed by atoms with van der Waals surface area (Å²) in [5.41, 5.74) is 12.2. The van der Waals surface area contributed by atoms with E-state index in [1.807, 2.05) is 18.2 Å². The van der Waals surface area contributed by atoms with Crippen molar-refractivity contribution in [3.63, 3.8) is 0 Å². The van der Waals surface area contributed by atoms with E-state index in [9.17, 15) is 4.79 Å². The molecule has 1 aliphatic rings. The smallest absolute Gasteiger partial charge is 0.222 e. The highest BCUT2D eigenvalue weighted by atomic mass is 16.1. The first-order chi connectivity index (χ1) is 17.6. The summed E-state index contributed by atoms with van der Waals surface area (Å²) in [6.45, 7) is 0. The summed E-state index contributed by atoms with van der Waals surface area (Å²) in [5.74, 6) is 0.688. The molecule has 2 aromatic carbocycles. The Hall–Kier alpha value is -4.26. The monoisotopic (exact) mass is 476 g/mol. The summed E-state index contributed by atoms with van der Waals surface area (Å²) in [5, 5.41) is 4.74. The van der Waals surface area contributed by atoms with Gasteiger partial charge in [0.2, 0.25) is 5.91 Å². The fraction of sp³-hybridized carbons (Fsp3) is 0.241. The number of nitrogens with zero attached hydrogens (tertiary/aromatic N) is 4. The number of nitrogen functional groups attached to an aromatic ring is 1. The standard InChI is InChI=1S/C29H28N6O/c1-31-29(36)20-9-12-22(13-10-20)35-16-23(26-27(30)32-17-33-28(26)35)21-8-7-19-11-14-24(34-25(19)15-21)18-5-3-2-4-6-18/h2-8,11,14-17,20,22H,9-10,12-13H2,1H3,(H,31,36)(H2,30,32,33). The molecule has 5 aromatic rings. The number of carbonyl (C=O) groups excluding carboxylic acids is 1. The van der Waals surface area contributed by atoms with Gasteiger partial charge >= 0.3 is 0 Å². The van der Waals surface area contributed by atoms with E-state index < -0.39 is 0 Å². The lowest BCUT2D eigenvalue weighted by Crippen LogP contribution is -2.31. The summed E-state index contributed by atoms with van der Waals surface area (Å²) in [4.78, 5) is 26.0. The fourth-order valence-corrected chi connectivity index (χ4v) is 5.48. The molecule has 1 amide bonds. The predicted molar refractivity (Wildman–Crippen MR) is 143 cm³/mol. The van der Waals surface area contributed by atoms with Crippen LogP contribution in [-0.4, -0.2) is 32.5 Å². The molecule has 1 aliphatic carbocycles. The molecule has 3 N–H and O–H groups in total. The van der Waals surface area contributed by atoms with E-state index in [-0.39, 0.29) is 17.9 Å². The predicted octanol–water partition coefficient (Wildman–Crippen LogP) is 5.37. The quantitative estimate of drug-likeness (QED) is 0.363. The minimum atomic E-state index is 0.0811. The second kappa shape index (κ2) is 9.07. The van der Waals surface area contributed by atoms with Crippen LogP contribution in [0.4, 0.5) is 5.82 Å². The van der Waals surface area contributed by atoms with Gasteiger partial charge in [0, 0.05) is 41.7 Å². The van der Waals surface area contributed by atoms with Crippen LogP contribution in [-0.2, 0) is 4.79 Å². The Labute approximate surface area is 209 Å². The molecule has 3 aromatic heterocycles. The Morgan fingerprint density at radius 3 is 2.53 bits per heavy atom. The minimum Gasteiger partial charge on any atom is -0.383 e. The third-order valence-electron chi connectivity index (χ3n) is 7.42. The number of anilines is 1. The van der Waals surface area contributed by atoms with Gasteiger partial charge in [-0.25, -0.2) is 15.0 Å². The lowest BCUT2D eigenvalue weighted by molar-refractivity contribution is -0.125. The summed E-state index contributed by atoms with van der Waals surface area (Å²) in [6.07, 6.45) is 7.25. The van der Waals surface area contributed by atoms with E-state index in [4.69, 9.17) is 10.7 Å². The van der Waals surface area contributed by atoms with Crippen LogP contribution in [0, 0.1) is 5.92 Å². The molecular weight excluding hydrogens is 448 g/mol. The molecule has 0 saturated heterocycles. The number of fused-ring (bicyclic) bond motifs is 2. The molecule has 7 nitrogen and oxygen atoms in total. The van der Waals surface area contributed by atoms with Crippen molar-refractivity contribution >= 4 is 33.7 Å². The topological polar surface area (TPSA) is 98.7 Å². The van der Waals surface area contributed by atoms with Gasteiger partial charge < -0.3 is 15.6 Å². The number of rotatable bonds is 4. The zero-order chi connectivity index (χ0) is 24.6. The van der Waals surface area contributed by atoms with Gasteiger partial charge in [0.05, 0.1) is 16.6 Å². The average molecular weight is 477 g/mol. The van der Waals surface area contributed by atoms with Crippen molar-refractivity contribution in [3.05, 3.63) is 73.2 Å². The average Bonchev–Trinajstić information content (AvgIpc) is 3.33. The first-order valence-electron chi connectivity index (χ1n) is 12.4. The van der Waals surface area contributed by atoms with Gasteiger partial charge in [0.15, 0.2) is 0 Å². The van der Waals surface area contributed by atoms with Crippen LogP contribution >= 0.6 is 0 Å². The first-order valence-corrected chi connectivity index (χ1v) is 12.4. The summed E-state index contributed by atoms with van der Waals surface area (Å²) < 4.78 is 2.24. The van der Waals surface area contributed by atoms with Gasteiger partial charge in [-0.2, -0.15) is 0 Å². The van der Waals surface area contributed by atoms with Crippen molar-refractivity contribution in [2.75, 3.05) is 12.8 Å². The van der Waals surface area contributed by atoms with E-state index >= 15 is 0 Å². The maximum absolute atomic E-state index is 12.1.